The highest BCUT2D eigenvalue weighted by Crippen LogP contribution is 2.26. The summed E-state index contributed by atoms with van der Waals surface area (Å²) in [6.45, 7) is 3.79. The van der Waals surface area contributed by atoms with Crippen LogP contribution in [0.5, 0.6) is 5.75 Å². The van der Waals surface area contributed by atoms with Crippen LogP contribution in [0.2, 0.25) is 0 Å². The highest BCUT2D eigenvalue weighted by molar-refractivity contribution is 5.87. The van der Waals surface area contributed by atoms with Crippen LogP contribution in [-0.4, -0.2) is 11.7 Å². The summed E-state index contributed by atoms with van der Waals surface area (Å²) in [6.07, 6.45) is 1.15. The van der Waals surface area contributed by atoms with Gasteiger partial charge < -0.3 is 4.74 Å². The van der Waals surface area contributed by atoms with E-state index in [0.717, 1.165) is 15.5 Å². The standard InChI is InChI=1S/C15H18FNO2/c1-4-5-14(16)17-9-13(19-3)11-7-6-10(2)8-12(11)15(17)18/h6-9,14H,4-5H2,1-3H3. The lowest BCUT2D eigenvalue weighted by Gasteiger charge is -2.14. The number of nitrogens with zero attached hydrogens (tertiary/aromatic N) is 1. The average molecular weight is 263 g/mol. The molecule has 0 spiro atoms. The highest BCUT2D eigenvalue weighted by atomic mass is 19.1. The van der Waals surface area contributed by atoms with Gasteiger partial charge in [-0.15, -0.1) is 0 Å². The molecule has 0 bridgehead atoms. The number of aryl methyl sites for hydroxylation is 1. The molecule has 0 aliphatic heterocycles. The van der Waals surface area contributed by atoms with Crippen LogP contribution < -0.4 is 10.3 Å². The Morgan fingerprint density at radius 1 is 1.37 bits per heavy atom. The fourth-order valence-corrected chi connectivity index (χ4v) is 2.19. The van der Waals surface area contributed by atoms with Crippen molar-refractivity contribution in [2.45, 2.75) is 33.0 Å². The second-order valence-electron chi connectivity index (χ2n) is 4.68. The van der Waals surface area contributed by atoms with Crippen LogP contribution in [-0.2, 0) is 0 Å². The number of aromatic nitrogens is 1. The molecule has 0 fully saturated rings. The number of ether oxygens (including phenoxy) is 1. The third-order valence-electron chi connectivity index (χ3n) is 3.21. The molecular formula is C15H18FNO2. The van der Waals surface area contributed by atoms with E-state index in [1.165, 1.54) is 13.3 Å². The fourth-order valence-electron chi connectivity index (χ4n) is 2.19. The van der Waals surface area contributed by atoms with Crippen molar-refractivity contribution in [3.8, 4) is 5.75 Å². The Kier molecular flexibility index (Phi) is 3.88. The van der Waals surface area contributed by atoms with Crippen LogP contribution in [0, 0.1) is 6.92 Å². The summed E-state index contributed by atoms with van der Waals surface area (Å²) in [5, 5.41) is 1.22. The van der Waals surface area contributed by atoms with Gasteiger partial charge in [-0.05, 0) is 19.4 Å². The van der Waals surface area contributed by atoms with Crippen molar-refractivity contribution in [3.63, 3.8) is 0 Å². The lowest BCUT2D eigenvalue weighted by molar-refractivity contribution is 0.216. The molecule has 1 aromatic heterocycles. The molecule has 2 rings (SSSR count). The van der Waals surface area contributed by atoms with E-state index in [1.807, 2.05) is 26.0 Å². The van der Waals surface area contributed by atoms with Crippen molar-refractivity contribution < 1.29 is 9.13 Å². The number of halogens is 1. The zero-order chi connectivity index (χ0) is 14.0. The van der Waals surface area contributed by atoms with Crippen LogP contribution in [0.3, 0.4) is 0 Å². The van der Waals surface area contributed by atoms with Gasteiger partial charge in [0.25, 0.3) is 5.56 Å². The molecule has 0 saturated carbocycles. The van der Waals surface area contributed by atoms with Gasteiger partial charge in [-0.2, -0.15) is 0 Å². The lowest BCUT2D eigenvalue weighted by atomic mass is 10.1. The fraction of sp³-hybridized carbons (Fsp3) is 0.400. The smallest absolute Gasteiger partial charge is 0.261 e. The largest absolute Gasteiger partial charge is 0.495 e. The third kappa shape index (κ3) is 2.48. The summed E-state index contributed by atoms with van der Waals surface area (Å²) in [7, 11) is 1.52. The maximum atomic E-state index is 14.0. The lowest BCUT2D eigenvalue weighted by Crippen LogP contribution is -2.22. The summed E-state index contributed by atoms with van der Waals surface area (Å²) in [5.41, 5.74) is 0.663. The number of benzene rings is 1. The number of hydrogen-bond donors (Lipinski definition) is 0. The second kappa shape index (κ2) is 5.43. The van der Waals surface area contributed by atoms with Crippen molar-refractivity contribution in [2.75, 3.05) is 7.11 Å². The zero-order valence-corrected chi connectivity index (χ0v) is 11.4. The van der Waals surface area contributed by atoms with Gasteiger partial charge in [0.05, 0.1) is 18.7 Å². The maximum Gasteiger partial charge on any atom is 0.261 e. The van der Waals surface area contributed by atoms with Crippen molar-refractivity contribution in [1.82, 2.24) is 4.57 Å². The second-order valence-corrected chi connectivity index (χ2v) is 4.68. The molecule has 2 aromatic rings. The predicted molar refractivity (Wildman–Crippen MR) is 74.6 cm³/mol. The van der Waals surface area contributed by atoms with Gasteiger partial charge in [0.15, 0.2) is 6.30 Å². The van der Waals surface area contributed by atoms with E-state index in [-0.39, 0.29) is 5.56 Å². The van der Waals surface area contributed by atoms with Crippen molar-refractivity contribution in [2.24, 2.45) is 0 Å². The summed E-state index contributed by atoms with van der Waals surface area (Å²) in [4.78, 5) is 12.3. The van der Waals surface area contributed by atoms with Crippen molar-refractivity contribution >= 4 is 10.8 Å². The number of pyridine rings is 1. The van der Waals surface area contributed by atoms with Gasteiger partial charge in [0.1, 0.15) is 5.75 Å². The van der Waals surface area contributed by atoms with Crippen LogP contribution >= 0.6 is 0 Å². The number of methoxy groups -OCH3 is 1. The van der Waals surface area contributed by atoms with E-state index in [1.54, 1.807) is 6.07 Å². The summed E-state index contributed by atoms with van der Waals surface area (Å²) in [5.74, 6) is 0.522. The summed E-state index contributed by atoms with van der Waals surface area (Å²) in [6, 6.07) is 5.52. The first kappa shape index (κ1) is 13.6. The van der Waals surface area contributed by atoms with Gasteiger partial charge in [-0.25, -0.2) is 4.39 Å². The summed E-state index contributed by atoms with van der Waals surface area (Å²) < 4.78 is 20.4. The first-order valence-corrected chi connectivity index (χ1v) is 6.42. The van der Waals surface area contributed by atoms with E-state index in [0.29, 0.717) is 24.0 Å². The molecule has 4 heteroatoms. The molecular weight excluding hydrogens is 245 g/mol. The van der Waals surface area contributed by atoms with Crippen LogP contribution in [0.1, 0.15) is 31.6 Å². The Hall–Kier alpha value is -1.84. The Labute approximate surface area is 111 Å². The van der Waals surface area contributed by atoms with Gasteiger partial charge >= 0.3 is 0 Å². The van der Waals surface area contributed by atoms with Gasteiger partial charge in [0.2, 0.25) is 0 Å². The van der Waals surface area contributed by atoms with Gasteiger partial charge in [-0.3, -0.25) is 9.36 Å². The minimum Gasteiger partial charge on any atom is -0.495 e. The van der Waals surface area contributed by atoms with E-state index in [2.05, 4.69) is 0 Å². The molecule has 102 valence electrons. The maximum absolute atomic E-state index is 14.0. The van der Waals surface area contributed by atoms with Crippen LogP contribution in [0.15, 0.2) is 29.2 Å². The Morgan fingerprint density at radius 2 is 2.11 bits per heavy atom. The zero-order valence-electron chi connectivity index (χ0n) is 11.4. The van der Waals surface area contributed by atoms with E-state index >= 15 is 0 Å². The Morgan fingerprint density at radius 3 is 2.74 bits per heavy atom. The van der Waals surface area contributed by atoms with Gasteiger partial charge in [-0.1, -0.05) is 31.0 Å². The molecule has 0 amide bonds. The van der Waals surface area contributed by atoms with Crippen molar-refractivity contribution in [1.29, 1.82) is 0 Å². The first-order valence-electron chi connectivity index (χ1n) is 6.42. The van der Waals surface area contributed by atoms with E-state index in [4.69, 9.17) is 4.74 Å². The van der Waals surface area contributed by atoms with Crippen molar-refractivity contribution in [3.05, 3.63) is 40.3 Å². The summed E-state index contributed by atoms with van der Waals surface area (Å²) >= 11 is 0. The quantitative estimate of drug-likeness (QED) is 0.844. The molecule has 1 unspecified atom stereocenters. The Bertz CT molecular complexity index is 648. The van der Waals surface area contributed by atoms with Gasteiger partial charge in [0, 0.05) is 5.39 Å². The molecule has 0 aliphatic rings. The molecule has 0 aliphatic carbocycles. The molecule has 1 heterocycles. The highest BCUT2D eigenvalue weighted by Gasteiger charge is 2.15. The normalized spacial score (nSPS) is 12.6. The minimum absolute atomic E-state index is 0.305. The molecule has 0 radical (unpaired) electrons. The van der Waals surface area contributed by atoms with Crippen LogP contribution in [0.4, 0.5) is 4.39 Å². The van der Waals surface area contributed by atoms with E-state index in [9.17, 15) is 9.18 Å². The topological polar surface area (TPSA) is 31.2 Å². The number of hydrogen-bond acceptors (Lipinski definition) is 2. The number of rotatable bonds is 4. The molecule has 1 atom stereocenters. The third-order valence-corrected chi connectivity index (χ3v) is 3.21. The SMILES string of the molecule is CCCC(F)n1cc(OC)c2ccc(C)cc2c1=O. The minimum atomic E-state index is -1.31. The molecule has 3 nitrogen and oxygen atoms in total. The first-order chi connectivity index (χ1) is 9.08. The Balaban J connectivity index is 2.73. The molecule has 0 saturated heterocycles. The number of fused-ring (bicyclic) bond motifs is 1. The average Bonchev–Trinajstić information content (AvgIpc) is 2.40. The molecule has 19 heavy (non-hydrogen) atoms. The van der Waals surface area contributed by atoms with E-state index < -0.39 is 6.30 Å². The molecule has 0 N–H and O–H groups in total. The monoisotopic (exact) mass is 263 g/mol. The molecule has 1 aromatic carbocycles. The predicted octanol–water partition coefficient (Wildman–Crippen LogP) is 3.59. The number of alkyl halides is 1. The van der Waals surface area contributed by atoms with Crippen LogP contribution in [0.25, 0.3) is 10.8 Å².